The van der Waals surface area contributed by atoms with Crippen LogP contribution in [-0.4, -0.2) is 12.4 Å². The minimum absolute atomic E-state index is 0.217. The number of benzene rings is 2. The molecule has 0 bridgehead atoms. The highest BCUT2D eigenvalue weighted by molar-refractivity contribution is 6.37. The molecule has 2 aromatic carbocycles. The maximum absolute atomic E-state index is 13.4. The van der Waals surface area contributed by atoms with Gasteiger partial charge in [-0.15, -0.1) is 0 Å². The summed E-state index contributed by atoms with van der Waals surface area (Å²) < 4.78 is 18.7. The molecule has 0 atom stereocenters. The average molecular weight is 327 g/mol. The quantitative estimate of drug-likeness (QED) is 0.733. The lowest BCUT2D eigenvalue weighted by Gasteiger charge is -2.10. The number of ketones is 1. The van der Waals surface area contributed by atoms with E-state index in [-0.39, 0.29) is 27.0 Å². The van der Waals surface area contributed by atoms with Crippen molar-refractivity contribution in [3.05, 3.63) is 62.9 Å². The van der Waals surface area contributed by atoms with Crippen LogP contribution in [0.3, 0.4) is 0 Å². The Bertz CT molecular complexity index is 679. The molecule has 0 saturated carbocycles. The molecule has 0 heterocycles. The molecular weight excluding hydrogens is 314 g/mol. The van der Waals surface area contributed by atoms with Gasteiger partial charge in [0.1, 0.15) is 11.6 Å². The topological polar surface area (TPSA) is 26.3 Å². The summed E-state index contributed by atoms with van der Waals surface area (Å²) in [5.74, 6) is -0.435. The van der Waals surface area contributed by atoms with Crippen LogP contribution < -0.4 is 4.74 Å². The number of hydrogen-bond donors (Lipinski definition) is 0. The van der Waals surface area contributed by atoms with Gasteiger partial charge in [-0.1, -0.05) is 23.2 Å². The first kappa shape index (κ1) is 15.8. The summed E-state index contributed by atoms with van der Waals surface area (Å²) in [4.78, 5) is 12.4. The lowest BCUT2D eigenvalue weighted by atomic mass is 10.0. The Morgan fingerprint density at radius 2 is 1.86 bits per heavy atom. The van der Waals surface area contributed by atoms with E-state index in [9.17, 15) is 9.18 Å². The smallest absolute Gasteiger partial charge is 0.194 e. The van der Waals surface area contributed by atoms with Crippen LogP contribution in [0.1, 0.15) is 28.4 Å². The second kappa shape index (κ2) is 6.46. The van der Waals surface area contributed by atoms with Crippen LogP contribution in [0, 0.1) is 12.7 Å². The van der Waals surface area contributed by atoms with Gasteiger partial charge in [-0.25, -0.2) is 4.39 Å². The molecule has 0 amide bonds. The fraction of sp³-hybridized carbons (Fsp3) is 0.188. The Hall–Kier alpha value is -1.58. The van der Waals surface area contributed by atoms with Crippen molar-refractivity contribution in [2.45, 2.75) is 13.8 Å². The number of aryl methyl sites for hydroxylation is 1. The molecule has 110 valence electrons. The van der Waals surface area contributed by atoms with Gasteiger partial charge >= 0.3 is 0 Å². The largest absolute Gasteiger partial charge is 0.492 e. The summed E-state index contributed by atoms with van der Waals surface area (Å²) in [7, 11) is 0. The molecule has 5 heteroatoms. The van der Waals surface area contributed by atoms with Crippen LogP contribution in [0.4, 0.5) is 4.39 Å². The van der Waals surface area contributed by atoms with Gasteiger partial charge in [0.2, 0.25) is 0 Å². The first-order valence-corrected chi connectivity index (χ1v) is 7.11. The second-order valence-electron chi connectivity index (χ2n) is 4.54. The summed E-state index contributed by atoms with van der Waals surface area (Å²) in [6, 6.07) is 7.07. The maximum atomic E-state index is 13.4. The highest BCUT2D eigenvalue weighted by Gasteiger charge is 2.17. The van der Waals surface area contributed by atoms with Crippen LogP contribution in [0.5, 0.6) is 5.75 Å². The van der Waals surface area contributed by atoms with Crippen molar-refractivity contribution in [2.24, 2.45) is 0 Å². The van der Waals surface area contributed by atoms with E-state index in [2.05, 4.69) is 0 Å². The highest BCUT2D eigenvalue weighted by Crippen LogP contribution is 2.32. The lowest BCUT2D eigenvalue weighted by molar-refractivity contribution is 0.103. The zero-order valence-electron chi connectivity index (χ0n) is 11.5. The summed E-state index contributed by atoms with van der Waals surface area (Å²) in [6.45, 7) is 3.97. The van der Waals surface area contributed by atoms with E-state index < -0.39 is 5.82 Å². The molecule has 2 nitrogen and oxygen atoms in total. The fourth-order valence-corrected chi connectivity index (χ4v) is 2.45. The standard InChI is InChI=1S/C16H13Cl2FO2/c1-3-21-15-8-13(17)12(7-14(15)18)16(20)10-4-9(2)5-11(19)6-10/h4-8H,3H2,1-2H3. The first-order chi connectivity index (χ1) is 9.92. The van der Waals surface area contributed by atoms with Crippen LogP contribution >= 0.6 is 23.2 Å². The fourth-order valence-electron chi connectivity index (χ4n) is 1.99. The molecule has 0 fully saturated rings. The van der Waals surface area contributed by atoms with E-state index in [4.69, 9.17) is 27.9 Å². The third-order valence-electron chi connectivity index (χ3n) is 2.87. The number of carbonyl (C=O) groups excluding carboxylic acids is 1. The molecule has 0 N–H and O–H groups in total. The molecule has 0 aliphatic carbocycles. The van der Waals surface area contributed by atoms with Gasteiger partial charge in [-0.05, 0) is 43.7 Å². The van der Waals surface area contributed by atoms with Crippen LogP contribution in [-0.2, 0) is 0 Å². The predicted molar refractivity (Wildman–Crippen MR) is 82.2 cm³/mol. The number of hydrogen-bond acceptors (Lipinski definition) is 2. The van der Waals surface area contributed by atoms with E-state index in [0.717, 1.165) is 0 Å². The molecule has 0 saturated heterocycles. The summed E-state index contributed by atoms with van der Waals surface area (Å²) in [6.07, 6.45) is 0. The number of halogens is 3. The minimum Gasteiger partial charge on any atom is -0.492 e. The number of ether oxygens (including phenoxy) is 1. The van der Waals surface area contributed by atoms with Crippen LogP contribution in [0.15, 0.2) is 30.3 Å². The van der Waals surface area contributed by atoms with Crippen molar-refractivity contribution >= 4 is 29.0 Å². The Morgan fingerprint density at radius 1 is 1.14 bits per heavy atom. The van der Waals surface area contributed by atoms with Crippen LogP contribution in [0.2, 0.25) is 10.0 Å². The van der Waals surface area contributed by atoms with Crippen LogP contribution in [0.25, 0.3) is 0 Å². The van der Waals surface area contributed by atoms with Gasteiger partial charge in [0.05, 0.1) is 16.7 Å². The van der Waals surface area contributed by atoms with Crippen molar-refractivity contribution < 1.29 is 13.9 Å². The van der Waals surface area contributed by atoms with Crippen molar-refractivity contribution in [2.75, 3.05) is 6.61 Å². The predicted octanol–water partition coefficient (Wildman–Crippen LogP) is 5.07. The average Bonchev–Trinajstić information content (AvgIpc) is 2.41. The Labute approximate surface area is 132 Å². The molecule has 2 aromatic rings. The van der Waals surface area contributed by atoms with E-state index in [0.29, 0.717) is 17.9 Å². The van der Waals surface area contributed by atoms with E-state index in [1.807, 2.05) is 6.92 Å². The van der Waals surface area contributed by atoms with Crippen molar-refractivity contribution in [3.63, 3.8) is 0 Å². The van der Waals surface area contributed by atoms with E-state index in [1.54, 1.807) is 13.0 Å². The molecule has 0 aliphatic rings. The van der Waals surface area contributed by atoms with Crippen molar-refractivity contribution in [1.82, 2.24) is 0 Å². The zero-order chi connectivity index (χ0) is 15.6. The Morgan fingerprint density at radius 3 is 2.48 bits per heavy atom. The molecule has 21 heavy (non-hydrogen) atoms. The monoisotopic (exact) mass is 326 g/mol. The van der Waals surface area contributed by atoms with Gasteiger partial charge in [-0.2, -0.15) is 0 Å². The van der Waals surface area contributed by atoms with Gasteiger partial charge in [0.25, 0.3) is 0 Å². The molecule has 0 aromatic heterocycles. The van der Waals surface area contributed by atoms with Gasteiger partial charge in [-0.3, -0.25) is 4.79 Å². The van der Waals surface area contributed by atoms with E-state index >= 15 is 0 Å². The zero-order valence-corrected chi connectivity index (χ0v) is 13.1. The third-order valence-corrected chi connectivity index (χ3v) is 3.48. The molecule has 2 rings (SSSR count). The Kier molecular flexibility index (Phi) is 4.86. The summed E-state index contributed by atoms with van der Waals surface area (Å²) in [5.41, 5.74) is 1.11. The minimum atomic E-state index is -0.466. The number of carbonyl (C=O) groups is 1. The summed E-state index contributed by atoms with van der Waals surface area (Å²) >= 11 is 12.2. The van der Waals surface area contributed by atoms with Crippen molar-refractivity contribution in [1.29, 1.82) is 0 Å². The molecule has 0 unspecified atom stereocenters. The molecule has 0 radical (unpaired) electrons. The molecule has 0 spiro atoms. The van der Waals surface area contributed by atoms with Gasteiger partial charge < -0.3 is 4.74 Å². The number of rotatable bonds is 4. The highest BCUT2D eigenvalue weighted by atomic mass is 35.5. The van der Waals surface area contributed by atoms with Gasteiger partial charge in [0.15, 0.2) is 5.78 Å². The lowest BCUT2D eigenvalue weighted by Crippen LogP contribution is -2.04. The first-order valence-electron chi connectivity index (χ1n) is 6.36. The summed E-state index contributed by atoms with van der Waals surface area (Å²) in [5, 5.41) is 0.507. The van der Waals surface area contributed by atoms with Crippen molar-refractivity contribution in [3.8, 4) is 5.75 Å². The van der Waals surface area contributed by atoms with Gasteiger partial charge in [0, 0.05) is 17.2 Å². The normalized spacial score (nSPS) is 10.5. The maximum Gasteiger partial charge on any atom is 0.194 e. The molecular formula is C16H13Cl2FO2. The third kappa shape index (κ3) is 3.55. The second-order valence-corrected chi connectivity index (χ2v) is 5.36. The SMILES string of the molecule is CCOc1cc(Cl)c(C(=O)c2cc(C)cc(F)c2)cc1Cl. The Balaban J connectivity index is 2.46. The molecule has 0 aliphatic heterocycles. The van der Waals surface area contributed by atoms with E-state index in [1.165, 1.54) is 24.3 Å².